The van der Waals surface area contributed by atoms with E-state index < -0.39 is 15.8 Å². The minimum absolute atomic E-state index is 0.0355. The topological polar surface area (TPSA) is 97.3 Å². The number of carbonyl (C=O) groups is 1. The first kappa shape index (κ1) is 26.3. The Morgan fingerprint density at radius 3 is 2.43 bits per heavy atom. The first-order valence-electron chi connectivity index (χ1n) is 11.8. The van der Waals surface area contributed by atoms with Crippen LogP contribution < -0.4 is 14.9 Å². The molecule has 0 unspecified atom stereocenters. The Hall–Kier alpha value is -3.76. The molecule has 1 heterocycles. The molecular weight excluding hydrogens is 497 g/mol. The van der Waals surface area contributed by atoms with Crippen LogP contribution in [0.2, 0.25) is 0 Å². The summed E-state index contributed by atoms with van der Waals surface area (Å²) in [6.45, 7) is 0.803. The molecule has 0 aromatic heterocycles. The van der Waals surface area contributed by atoms with Crippen molar-refractivity contribution in [2.24, 2.45) is 11.0 Å². The highest BCUT2D eigenvalue weighted by Crippen LogP contribution is 2.28. The fraction of sp³-hybridized carbons (Fsp3) is 0.259. The van der Waals surface area contributed by atoms with Crippen molar-refractivity contribution in [3.8, 4) is 11.5 Å². The summed E-state index contributed by atoms with van der Waals surface area (Å²) in [7, 11) is -2.18. The number of amides is 1. The van der Waals surface area contributed by atoms with E-state index in [-0.39, 0.29) is 29.8 Å². The van der Waals surface area contributed by atoms with Gasteiger partial charge in [-0.25, -0.2) is 18.2 Å². The van der Waals surface area contributed by atoms with Crippen LogP contribution in [0.4, 0.5) is 4.39 Å². The number of ether oxygens (including phenoxy) is 2. The fourth-order valence-corrected chi connectivity index (χ4v) is 5.46. The maximum absolute atomic E-state index is 13.1. The molecule has 1 fully saturated rings. The van der Waals surface area contributed by atoms with E-state index in [9.17, 15) is 17.6 Å². The van der Waals surface area contributed by atoms with E-state index in [0.29, 0.717) is 36.5 Å². The lowest BCUT2D eigenvalue weighted by Crippen LogP contribution is -2.42. The van der Waals surface area contributed by atoms with E-state index in [1.54, 1.807) is 25.3 Å². The molecule has 1 amide bonds. The third-order valence-electron chi connectivity index (χ3n) is 6.09. The first-order chi connectivity index (χ1) is 17.9. The van der Waals surface area contributed by atoms with Crippen molar-refractivity contribution in [2.75, 3.05) is 20.2 Å². The molecule has 37 heavy (non-hydrogen) atoms. The van der Waals surface area contributed by atoms with Crippen LogP contribution in [0.3, 0.4) is 0 Å². The van der Waals surface area contributed by atoms with E-state index in [1.165, 1.54) is 22.7 Å². The van der Waals surface area contributed by atoms with Crippen LogP contribution in [0.25, 0.3) is 0 Å². The van der Waals surface area contributed by atoms with Gasteiger partial charge in [-0.05, 0) is 66.4 Å². The highest BCUT2D eigenvalue weighted by molar-refractivity contribution is 7.89. The summed E-state index contributed by atoms with van der Waals surface area (Å²) in [6, 6.07) is 19.9. The largest absolute Gasteiger partial charge is 0.493 e. The van der Waals surface area contributed by atoms with Crippen molar-refractivity contribution < 1.29 is 27.1 Å². The first-order valence-corrected chi connectivity index (χ1v) is 13.2. The maximum Gasteiger partial charge on any atom is 0.243 e. The summed E-state index contributed by atoms with van der Waals surface area (Å²) < 4.78 is 51.2. The average molecular weight is 526 g/mol. The molecule has 0 aliphatic carbocycles. The van der Waals surface area contributed by atoms with Gasteiger partial charge >= 0.3 is 0 Å². The molecule has 0 atom stereocenters. The van der Waals surface area contributed by atoms with Crippen molar-refractivity contribution in [3.63, 3.8) is 0 Å². The van der Waals surface area contributed by atoms with Gasteiger partial charge in [0.15, 0.2) is 11.5 Å². The summed E-state index contributed by atoms with van der Waals surface area (Å²) in [5.74, 6) is 0.00136. The lowest BCUT2D eigenvalue weighted by molar-refractivity contribution is -0.126. The van der Waals surface area contributed by atoms with Gasteiger partial charge in [0, 0.05) is 19.0 Å². The summed E-state index contributed by atoms with van der Waals surface area (Å²) in [6.07, 6.45) is 2.24. The molecule has 1 saturated heterocycles. The van der Waals surface area contributed by atoms with E-state index in [0.717, 1.165) is 17.7 Å². The molecule has 0 spiro atoms. The smallest absolute Gasteiger partial charge is 0.243 e. The molecule has 1 aliphatic rings. The minimum Gasteiger partial charge on any atom is -0.493 e. The number of piperidine rings is 1. The molecule has 0 radical (unpaired) electrons. The van der Waals surface area contributed by atoms with Crippen molar-refractivity contribution >= 4 is 22.1 Å². The van der Waals surface area contributed by atoms with Crippen molar-refractivity contribution in [2.45, 2.75) is 24.3 Å². The van der Waals surface area contributed by atoms with Gasteiger partial charge in [0.25, 0.3) is 0 Å². The molecule has 1 N–H and O–H groups in total. The molecular formula is C27H28FN3O5S. The van der Waals surface area contributed by atoms with Crippen molar-refractivity contribution in [1.82, 2.24) is 9.73 Å². The zero-order valence-corrected chi connectivity index (χ0v) is 21.2. The van der Waals surface area contributed by atoms with Gasteiger partial charge in [0.05, 0.1) is 18.2 Å². The second kappa shape index (κ2) is 12.0. The lowest BCUT2D eigenvalue weighted by Gasteiger charge is -2.30. The number of halogens is 1. The van der Waals surface area contributed by atoms with Gasteiger partial charge in [-0.2, -0.15) is 9.41 Å². The quantitative estimate of drug-likeness (QED) is 0.337. The summed E-state index contributed by atoms with van der Waals surface area (Å²) in [4.78, 5) is 12.6. The molecule has 10 heteroatoms. The number of nitrogens with zero attached hydrogens (tertiary/aromatic N) is 2. The van der Waals surface area contributed by atoms with Gasteiger partial charge in [-0.3, -0.25) is 4.79 Å². The number of methoxy groups -OCH3 is 1. The Balaban J connectivity index is 1.28. The Labute approximate surface area is 215 Å². The maximum atomic E-state index is 13.1. The third-order valence-corrected chi connectivity index (χ3v) is 8.00. The number of hydrazone groups is 1. The monoisotopic (exact) mass is 525 g/mol. The number of sulfonamides is 1. The predicted molar refractivity (Wildman–Crippen MR) is 137 cm³/mol. The van der Waals surface area contributed by atoms with Crippen LogP contribution in [-0.2, 0) is 21.4 Å². The van der Waals surface area contributed by atoms with Crippen LogP contribution in [0, 0.1) is 11.7 Å². The molecule has 194 valence electrons. The standard InChI is InChI=1S/C27H28FN3O5S/c1-35-26-17-21(7-12-25(26)36-19-20-5-3-2-4-6-20)18-29-30-27(32)22-13-15-31(16-14-22)37(33,34)24-10-8-23(28)9-11-24/h2-12,17-18,22H,13-16,19H2,1H3,(H,30,32)/b29-18-. The van der Waals surface area contributed by atoms with Gasteiger partial charge in [-0.1, -0.05) is 30.3 Å². The second-order valence-electron chi connectivity index (χ2n) is 8.55. The molecule has 4 rings (SSSR count). The number of nitrogens with one attached hydrogen (secondary N) is 1. The Bertz CT molecular complexity index is 1340. The highest BCUT2D eigenvalue weighted by atomic mass is 32.2. The van der Waals surface area contributed by atoms with E-state index >= 15 is 0 Å². The number of hydrogen-bond donors (Lipinski definition) is 1. The minimum atomic E-state index is -3.73. The summed E-state index contributed by atoms with van der Waals surface area (Å²) in [5.41, 5.74) is 4.29. The van der Waals surface area contributed by atoms with Crippen LogP contribution in [-0.4, -0.2) is 45.0 Å². The van der Waals surface area contributed by atoms with Crippen LogP contribution in [0.5, 0.6) is 11.5 Å². The summed E-state index contributed by atoms with van der Waals surface area (Å²) in [5, 5.41) is 4.05. The fourth-order valence-electron chi connectivity index (χ4n) is 3.99. The Morgan fingerprint density at radius 1 is 1.05 bits per heavy atom. The van der Waals surface area contributed by atoms with Crippen LogP contribution in [0.1, 0.15) is 24.0 Å². The normalized spacial score (nSPS) is 15.0. The third kappa shape index (κ3) is 6.72. The summed E-state index contributed by atoms with van der Waals surface area (Å²) >= 11 is 0. The Kier molecular flexibility index (Phi) is 8.52. The van der Waals surface area contributed by atoms with Gasteiger partial charge in [0.2, 0.25) is 15.9 Å². The zero-order valence-electron chi connectivity index (χ0n) is 20.3. The van der Waals surface area contributed by atoms with Gasteiger partial charge < -0.3 is 9.47 Å². The Morgan fingerprint density at radius 2 is 1.76 bits per heavy atom. The van der Waals surface area contributed by atoms with Gasteiger partial charge in [0.1, 0.15) is 12.4 Å². The SMILES string of the molecule is COc1cc(/C=N\NC(=O)C2CCN(S(=O)(=O)c3ccc(F)cc3)CC2)ccc1OCc1ccccc1. The van der Waals surface area contributed by atoms with Crippen molar-refractivity contribution in [3.05, 3.63) is 89.7 Å². The lowest BCUT2D eigenvalue weighted by atomic mass is 9.98. The van der Waals surface area contributed by atoms with Crippen LogP contribution >= 0.6 is 0 Å². The van der Waals surface area contributed by atoms with Crippen molar-refractivity contribution in [1.29, 1.82) is 0 Å². The second-order valence-corrected chi connectivity index (χ2v) is 10.5. The van der Waals surface area contributed by atoms with E-state index in [4.69, 9.17) is 9.47 Å². The molecule has 3 aromatic carbocycles. The molecule has 1 aliphatic heterocycles. The number of hydrogen-bond acceptors (Lipinski definition) is 6. The molecule has 8 nitrogen and oxygen atoms in total. The highest BCUT2D eigenvalue weighted by Gasteiger charge is 2.32. The zero-order chi connectivity index (χ0) is 26.3. The molecule has 3 aromatic rings. The van der Waals surface area contributed by atoms with E-state index in [1.807, 2.05) is 30.3 Å². The van der Waals surface area contributed by atoms with Gasteiger partial charge in [-0.15, -0.1) is 0 Å². The van der Waals surface area contributed by atoms with Crippen LogP contribution in [0.15, 0.2) is 82.8 Å². The predicted octanol–water partition coefficient (Wildman–Crippen LogP) is 3.96. The van der Waals surface area contributed by atoms with E-state index in [2.05, 4.69) is 10.5 Å². The molecule has 0 bridgehead atoms. The average Bonchev–Trinajstić information content (AvgIpc) is 2.93. The number of rotatable bonds is 9. The molecule has 0 saturated carbocycles. The number of benzene rings is 3. The number of carbonyl (C=O) groups excluding carboxylic acids is 1.